The number of thioether (sulfide) groups is 1. The number of benzene rings is 1. The van der Waals surface area contributed by atoms with E-state index in [-0.39, 0.29) is 0 Å². The van der Waals surface area contributed by atoms with Crippen LogP contribution in [0.15, 0.2) is 33.9 Å². The van der Waals surface area contributed by atoms with Crippen LogP contribution in [0, 0.1) is 23.2 Å². The molecule has 0 radical (unpaired) electrons. The van der Waals surface area contributed by atoms with Gasteiger partial charge in [-0.25, -0.2) is 0 Å². The molecule has 0 amide bonds. The molecule has 0 saturated heterocycles. The second-order valence-corrected chi connectivity index (χ2v) is 9.64. The normalized spacial score (nSPS) is 32.1. The number of nitrogens with zero attached hydrogens (tertiary/aromatic N) is 2. The highest BCUT2D eigenvalue weighted by atomic mass is 32.2. The van der Waals surface area contributed by atoms with Gasteiger partial charge in [-0.1, -0.05) is 23.9 Å². The molecule has 2 aromatic rings. The molecule has 138 valence electrons. The molecule has 4 bridgehead atoms. The fourth-order valence-electron chi connectivity index (χ4n) is 6.15. The van der Waals surface area contributed by atoms with Gasteiger partial charge in [0.1, 0.15) is 5.75 Å². The molecule has 26 heavy (non-hydrogen) atoms. The van der Waals surface area contributed by atoms with E-state index in [4.69, 9.17) is 9.15 Å². The van der Waals surface area contributed by atoms with Crippen molar-refractivity contribution in [3.05, 3.63) is 24.3 Å². The highest BCUT2D eigenvalue weighted by Crippen LogP contribution is 2.61. The first-order valence-corrected chi connectivity index (χ1v) is 10.8. The van der Waals surface area contributed by atoms with Crippen LogP contribution in [-0.4, -0.2) is 23.1 Å². The molecule has 0 N–H and O–H groups in total. The van der Waals surface area contributed by atoms with Crippen LogP contribution < -0.4 is 4.74 Å². The molecule has 5 heteroatoms. The number of aromatic nitrogens is 2. The monoisotopic (exact) mass is 370 g/mol. The summed E-state index contributed by atoms with van der Waals surface area (Å²) in [6, 6.07) is 7.78. The van der Waals surface area contributed by atoms with E-state index >= 15 is 0 Å². The third-order valence-electron chi connectivity index (χ3n) is 6.77. The van der Waals surface area contributed by atoms with Crippen LogP contribution in [-0.2, 0) is 0 Å². The van der Waals surface area contributed by atoms with Gasteiger partial charge in [-0.2, -0.15) is 0 Å². The number of rotatable bonds is 6. The summed E-state index contributed by atoms with van der Waals surface area (Å²) in [4.78, 5) is 0. The Hall–Kier alpha value is -1.49. The molecule has 0 unspecified atom stereocenters. The summed E-state index contributed by atoms with van der Waals surface area (Å²) < 4.78 is 11.3. The van der Waals surface area contributed by atoms with Crippen LogP contribution in [0.3, 0.4) is 0 Å². The zero-order valence-electron chi connectivity index (χ0n) is 15.3. The maximum atomic E-state index is 5.89. The minimum Gasteiger partial charge on any atom is -0.496 e. The van der Waals surface area contributed by atoms with Gasteiger partial charge in [-0.05, 0) is 80.2 Å². The average Bonchev–Trinajstić information content (AvgIpc) is 3.09. The van der Waals surface area contributed by atoms with Gasteiger partial charge >= 0.3 is 0 Å². The number of para-hydroxylation sites is 1. The predicted octanol–water partition coefficient (Wildman–Crippen LogP) is 5.44. The molecule has 1 aromatic heterocycles. The van der Waals surface area contributed by atoms with E-state index in [0.29, 0.717) is 16.5 Å². The van der Waals surface area contributed by atoms with E-state index in [9.17, 15) is 0 Å². The quantitative estimate of drug-likeness (QED) is 0.633. The molecule has 4 saturated carbocycles. The van der Waals surface area contributed by atoms with Crippen molar-refractivity contribution >= 4 is 11.8 Å². The Morgan fingerprint density at radius 1 is 1.08 bits per heavy atom. The first-order chi connectivity index (χ1) is 12.7. The van der Waals surface area contributed by atoms with Gasteiger partial charge < -0.3 is 9.15 Å². The van der Waals surface area contributed by atoms with Crippen LogP contribution in [0.4, 0.5) is 0 Å². The van der Waals surface area contributed by atoms with E-state index in [0.717, 1.165) is 34.8 Å². The fraction of sp³-hybridized carbons (Fsp3) is 0.619. The molecule has 1 aromatic carbocycles. The summed E-state index contributed by atoms with van der Waals surface area (Å²) in [6.07, 6.45) is 10.2. The van der Waals surface area contributed by atoms with Crippen LogP contribution >= 0.6 is 11.8 Å². The molecule has 4 aliphatic carbocycles. The van der Waals surface area contributed by atoms with E-state index in [1.165, 1.54) is 44.9 Å². The standard InChI is InChI=1S/C21H26N2O2S/c1-24-18-5-3-2-4-17(18)19-22-23-20(25-19)26-7-6-21-11-14-8-15(12-21)10-16(9-14)13-21/h2-5,14-16H,6-13H2,1H3. The van der Waals surface area contributed by atoms with E-state index < -0.39 is 0 Å². The van der Waals surface area contributed by atoms with Gasteiger partial charge in [0.15, 0.2) is 0 Å². The molecule has 0 aliphatic heterocycles. The van der Waals surface area contributed by atoms with Crippen molar-refractivity contribution in [1.29, 1.82) is 0 Å². The molecular formula is C21H26N2O2S. The highest BCUT2D eigenvalue weighted by Gasteiger charge is 2.50. The zero-order chi connectivity index (χ0) is 17.6. The Morgan fingerprint density at radius 3 is 2.46 bits per heavy atom. The summed E-state index contributed by atoms with van der Waals surface area (Å²) in [7, 11) is 1.66. The van der Waals surface area contributed by atoms with Gasteiger partial charge in [0, 0.05) is 5.75 Å². The number of hydrogen-bond acceptors (Lipinski definition) is 5. The average molecular weight is 371 g/mol. The van der Waals surface area contributed by atoms with Crippen LogP contribution in [0.2, 0.25) is 0 Å². The van der Waals surface area contributed by atoms with E-state index in [1.807, 2.05) is 24.3 Å². The number of ether oxygens (including phenoxy) is 1. The number of hydrogen-bond donors (Lipinski definition) is 0. The lowest BCUT2D eigenvalue weighted by molar-refractivity contribution is -0.0538. The van der Waals surface area contributed by atoms with Crippen molar-refractivity contribution in [1.82, 2.24) is 10.2 Å². The molecule has 0 atom stereocenters. The van der Waals surface area contributed by atoms with Crippen LogP contribution in [0.25, 0.3) is 11.5 Å². The van der Waals surface area contributed by atoms with Crippen molar-refractivity contribution in [2.45, 2.75) is 50.2 Å². The maximum absolute atomic E-state index is 5.89. The summed E-state index contributed by atoms with van der Waals surface area (Å²) in [5, 5.41) is 9.14. The van der Waals surface area contributed by atoms with Crippen LogP contribution in [0.1, 0.15) is 44.9 Å². The van der Waals surface area contributed by atoms with Crippen molar-refractivity contribution in [3.8, 4) is 17.2 Å². The minimum absolute atomic E-state index is 0.541. The SMILES string of the molecule is COc1ccccc1-c1nnc(SCCC23CC4CC(CC(C4)C2)C3)o1. The largest absolute Gasteiger partial charge is 0.496 e. The molecule has 4 aliphatic rings. The topological polar surface area (TPSA) is 48.2 Å². The second kappa shape index (κ2) is 6.59. The molecule has 4 nitrogen and oxygen atoms in total. The summed E-state index contributed by atoms with van der Waals surface area (Å²) >= 11 is 1.72. The lowest BCUT2D eigenvalue weighted by Crippen LogP contribution is -2.46. The van der Waals surface area contributed by atoms with Gasteiger partial charge in [0.05, 0.1) is 12.7 Å². The first-order valence-electron chi connectivity index (χ1n) is 9.83. The lowest BCUT2D eigenvalue weighted by atomic mass is 9.49. The Bertz CT molecular complexity index is 753. The Morgan fingerprint density at radius 2 is 1.77 bits per heavy atom. The van der Waals surface area contributed by atoms with Crippen LogP contribution in [0.5, 0.6) is 5.75 Å². The zero-order valence-corrected chi connectivity index (χ0v) is 16.1. The minimum atomic E-state index is 0.541. The third-order valence-corrected chi connectivity index (χ3v) is 7.59. The molecule has 4 fully saturated rings. The maximum Gasteiger partial charge on any atom is 0.276 e. The summed E-state index contributed by atoms with van der Waals surface area (Å²) in [5.41, 5.74) is 1.48. The summed E-state index contributed by atoms with van der Waals surface area (Å²) in [6.45, 7) is 0. The molecule has 6 rings (SSSR count). The van der Waals surface area contributed by atoms with Gasteiger partial charge in [0.2, 0.25) is 0 Å². The Kier molecular flexibility index (Phi) is 4.23. The third kappa shape index (κ3) is 3.04. The molecular weight excluding hydrogens is 344 g/mol. The molecule has 1 heterocycles. The van der Waals surface area contributed by atoms with Gasteiger partial charge in [0.25, 0.3) is 11.1 Å². The fourth-order valence-corrected chi connectivity index (χ4v) is 7.10. The van der Waals surface area contributed by atoms with Crippen molar-refractivity contribution < 1.29 is 9.15 Å². The van der Waals surface area contributed by atoms with Gasteiger partial charge in [-0.3, -0.25) is 0 Å². The molecule has 0 spiro atoms. The first kappa shape index (κ1) is 16.7. The summed E-state index contributed by atoms with van der Waals surface area (Å²) in [5.74, 6) is 5.45. The highest BCUT2D eigenvalue weighted by molar-refractivity contribution is 7.99. The second-order valence-electron chi connectivity index (χ2n) is 8.59. The van der Waals surface area contributed by atoms with Gasteiger partial charge in [-0.15, -0.1) is 10.2 Å². The van der Waals surface area contributed by atoms with E-state index in [1.54, 1.807) is 18.9 Å². The van der Waals surface area contributed by atoms with Crippen molar-refractivity contribution in [2.75, 3.05) is 12.9 Å². The number of methoxy groups -OCH3 is 1. The van der Waals surface area contributed by atoms with E-state index in [2.05, 4.69) is 10.2 Å². The Balaban J connectivity index is 1.23. The lowest BCUT2D eigenvalue weighted by Gasteiger charge is -2.57. The van der Waals surface area contributed by atoms with Crippen molar-refractivity contribution in [2.24, 2.45) is 23.2 Å². The smallest absolute Gasteiger partial charge is 0.276 e. The predicted molar refractivity (Wildman–Crippen MR) is 102 cm³/mol. The van der Waals surface area contributed by atoms with Crippen molar-refractivity contribution in [3.63, 3.8) is 0 Å². The Labute approximate surface area is 159 Å².